The van der Waals surface area contributed by atoms with Crippen molar-refractivity contribution in [1.82, 2.24) is 0 Å². The van der Waals surface area contributed by atoms with Crippen LogP contribution in [-0.4, -0.2) is 44.2 Å². The second kappa shape index (κ2) is 45.2. The Morgan fingerprint density at radius 2 is 0.278 bits per heavy atom. The molecular formula is C88H104N4O12P4. The molecule has 20 heteroatoms. The first kappa shape index (κ1) is 89.7. The van der Waals surface area contributed by atoms with Crippen LogP contribution in [0, 0.1) is 0 Å². The molecule has 0 saturated carbocycles. The summed E-state index contributed by atoms with van der Waals surface area (Å²) in [6.45, 7) is 6.78. The third-order valence-electron chi connectivity index (χ3n) is 17.2. The molecule has 0 heterocycles. The monoisotopic (exact) mass is 1530 g/mol. The van der Waals surface area contributed by atoms with Crippen molar-refractivity contribution in [3.05, 3.63) is 431 Å². The van der Waals surface area contributed by atoms with E-state index in [2.05, 4.69) is 314 Å². The maximum atomic E-state index is 9.81. The third kappa shape index (κ3) is 29.2. The summed E-state index contributed by atoms with van der Waals surface area (Å²) in [5.74, 6) is 0. The number of benzene rings is 12. The van der Waals surface area contributed by atoms with Gasteiger partial charge in [0.05, 0.1) is 0 Å². The van der Waals surface area contributed by atoms with Crippen LogP contribution in [0.4, 0.5) is 0 Å². The molecule has 0 aliphatic carbocycles. The summed E-state index contributed by atoms with van der Waals surface area (Å²) in [4.78, 5) is 71.3. The number of hydrogen-bond donors (Lipinski definition) is 8. The van der Waals surface area contributed by atoms with Gasteiger partial charge in [-0.15, -0.1) is 0 Å². The van der Waals surface area contributed by atoms with Crippen LogP contribution in [-0.2, 0) is 40.4 Å². The fraction of sp³-hybridized carbons (Fsp3) is 0.182. The molecule has 108 heavy (non-hydrogen) atoms. The Bertz CT molecular complexity index is 3600. The zero-order chi connectivity index (χ0) is 79.0. The van der Waals surface area contributed by atoms with Crippen LogP contribution in [0.25, 0.3) is 0 Å². The Kier molecular flexibility index (Phi) is 37.5. The molecule has 0 radical (unpaired) electrons. The lowest BCUT2D eigenvalue weighted by Crippen LogP contribution is -2.71. The highest BCUT2D eigenvalue weighted by Gasteiger charge is 2.39. The van der Waals surface area contributed by atoms with Gasteiger partial charge in [-0.2, -0.15) is 0 Å². The third-order valence-corrected chi connectivity index (χ3v) is 21.3. The highest BCUT2D eigenvalue weighted by atomic mass is 31.2. The Hall–Kier alpha value is -8.92. The highest BCUT2D eigenvalue weighted by Crippen LogP contribution is 2.37. The van der Waals surface area contributed by atoms with Crippen molar-refractivity contribution in [3.63, 3.8) is 0 Å². The van der Waals surface area contributed by atoms with Crippen LogP contribution >= 0.6 is 30.4 Å². The first-order chi connectivity index (χ1) is 51.5. The minimum Gasteiger partial charge on any atom is -0.779 e. The number of quaternary nitrogens is 4. The molecule has 4 atom stereocenters. The summed E-state index contributed by atoms with van der Waals surface area (Å²) in [5, 5.41) is 0. The van der Waals surface area contributed by atoms with Crippen LogP contribution in [0.1, 0.15) is 120 Å². The van der Waals surface area contributed by atoms with E-state index in [1.54, 1.807) is 27.7 Å². The van der Waals surface area contributed by atoms with Gasteiger partial charge in [-0.25, -0.2) is 0 Å². The van der Waals surface area contributed by atoms with Crippen molar-refractivity contribution in [3.8, 4) is 0 Å². The largest absolute Gasteiger partial charge is 0.779 e. The summed E-state index contributed by atoms with van der Waals surface area (Å²) in [6, 6.07) is 126. The molecule has 0 amide bonds. The van der Waals surface area contributed by atoms with E-state index in [0.29, 0.717) is 25.7 Å². The fourth-order valence-corrected chi connectivity index (χ4v) is 14.1. The summed E-state index contributed by atoms with van der Waals surface area (Å²) >= 11 is 0. The van der Waals surface area contributed by atoms with Crippen molar-refractivity contribution in [2.24, 2.45) is 0 Å². The van der Waals surface area contributed by atoms with E-state index in [1.807, 2.05) is 72.8 Å². The first-order valence-electron chi connectivity index (χ1n) is 35.7. The molecule has 4 unspecified atom stereocenters. The van der Waals surface area contributed by atoms with Gasteiger partial charge in [0.1, 0.15) is 30.4 Å². The van der Waals surface area contributed by atoms with Gasteiger partial charge < -0.3 is 80.3 Å². The van der Waals surface area contributed by atoms with Gasteiger partial charge in [0.15, 0.2) is 22.2 Å². The Balaban J connectivity index is 0.000000231. The van der Waals surface area contributed by atoms with Gasteiger partial charge in [0, 0.05) is 91.4 Å². The molecule has 12 aromatic rings. The zero-order valence-corrected chi connectivity index (χ0v) is 65.5. The van der Waals surface area contributed by atoms with E-state index in [1.165, 1.54) is 66.8 Å². The highest BCUT2D eigenvalue weighted by molar-refractivity contribution is 7.51. The average Bonchev–Trinajstić information content (AvgIpc) is 0.794. The van der Waals surface area contributed by atoms with E-state index >= 15 is 0 Å². The van der Waals surface area contributed by atoms with Gasteiger partial charge in [-0.1, -0.05) is 392 Å². The molecule has 16 nitrogen and oxygen atoms in total. The minimum atomic E-state index is -3.92. The van der Waals surface area contributed by atoms with Crippen molar-refractivity contribution in [2.75, 3.05) is 24.6 Å². The average molecular weight is 1530 g/mol. The first-order valence-corrected chi connectivity index (χ1v) is 42.7. The lowest BCUT2D eigenvalue weighted by Gasteiger charge is -2.27. The van der Waals surface area contributed by atoms with Gasteiger partial charge in [0.25, 0.3) is 0 Å². The van der Waals surface area contributed by atoms with Gasteiger partial charge in [-0.3, -0.25) is 0 Å². The van der Waals surface area contributed by atoms with E-state index in [0.717, 1.165) is 0 Å². The molecule has 0 fully saturated rings. The molecule has 0 bridgehead atoms. The molecule has 0 saturated heterocycles. The molecular weight excluding hydrogens is 1430 g/mol. The Labute approximate surface area is 638 Å². The van der Waals surface area contributed by atoms with Gasteiger partial charge in [-0.05, 0) is 25.7 Å². The minimum absolute atomic E-state index is 0.104. The van der Waals surface area contributed by atoms with Crippen LogP contribution in [0.15, 0.2) is 364 Å². The second-order valence-electron chi connectivity index (χ2n) is 25.5. The van der Waals surface area contributed by atoms with E-state index < -0.39 is 30.4 Å². The van der Waals surface area contributed by atoms with Crippen LogP contribution in [0.2, 0.25) is 0 Å². The smallest absolute Gasteiger partial charge is 0.172 e. The fourth-order valence-electron chi connectivity index (χ4n) is 11.8. The molecule has 0 aliphatic heterocycles. The Morgan fingerprint density at radius 1 is 0.204 bits per heavy atom. The molecule has 0 spiro atoms. The van der Waals surface area contributed by atoms with Crippen molar-refractivity contribution in [1.29, 1.82) is 0 Å². The molecule has 568 valence electrons. The summed E-state index contributed by atoms with van der Waals surface area (Å²) in [6.07, 6.45) is 1.52. The van der Waals surface area contributed by atoms with Gasteiger partial charge >= 0.3 is 0 Å². The number of rotatable bonds is 20. The van der Waals surface area contributed by atoms with Crippen molar-refractivity contribution < 1.29 is 80.3 Å². The second-order valence-corrected chi connectivity index (χ2v) is 32.3. The quantitative estimate of drug-likeness (QED) is 0.0261. The molecule has 12 rings (SSSR count). The zero-order valence-electron chi connectivity index (χ0n) is 62.0. The normalized spacial score (nSPS) is 13.2. The lowest BCUT2D eigenvalue weighted by atomic mass is 9.78. The van der Waals surface area contributed by atoms with Crippen molar-refractivity contribution in [2.45, 2.75) is 75.5 Å². The summed E-state index contributed by atoms with van der Waals surface area (Å²) in [7, 11) is -15.7. The van der Waals surface area contributed by atoms with Gasteiger partial charge in [0.2, 0.25) is 0 Å². The summed E-state index contributed by atoms with van der Waals surface area (Å²) < 4.78 is 39.3. The van der Waals surface area contributed by atoms with Crippen LogP contribution in [0.3, 0.4) is 0 Å². The van der Waals surface area contributed by atoms with Crippen LogP contribution in [0.5, 0.6) is 0 Å². The predicted molar refractivity (Wildman–Crippen MR) is 428 cm³/mol. The number of hydrogen-bond acceptors (Lipinski definition) is 8. The maximum Gasteiger partial charge on any atom is 0.172 e. The molecule has 0 aliphatic rings. The standard InChI is InChI=1S/4C19H17N.4C3H9O3P/c4*20-19(16-10-4-1-5-11-16,17-12-6-2-7-13-17)18-14-8-3-9-15-18;4*1-2-3-7(4,5)6/h4*1-15H,20H2;4*2-3H2,1H3,(H2,4,5,6). The maximum absolute atomic E-state index is 9.81. The molecule has 16 N–H and O–H groups in total. The predicted octanol–water partition coefficient (Wildman–Crippen LogP) is 12.6. The van der Waals surface area contributed by atoms with E-state index in [9.17, 15) is 37.8 Å². The molecule has 12 aromatic carbocycles. The molecule has 0 aromatic heterocycles. The van der Waals surface area contributed by atoms with E-state index in [4.69, 9.17) is 19.6 Å². The SMILES string of the molecule is CCCP(=O)([O-])O.CCCP(=O)([O-])O.CCCP(=O)([O-])O.CCCP(=O)([O-])O.[NH3+]C(c1ccccc1)(c1ccccc1)c1ccccc1.[NH3+]C(c1ccccc1)(c1ccccc1)c1ccccc1.[NH3+]C(c1ccccc1)(c1ccccc1)c1ccccc1.[NH3+]C(c1ccccc1)(c1ccccc1)c1ccccc1. The van der Waals surface area contributed by atoms with E-state index in [-0.39, 0.29) is 46.8 Å². The topological polar surface area (TPSA) is 352 Å². The Morgan fingerprint density at radius 3 is 0.324 bits per heavy atom. The van der Waals surface area contributed by atoms with Crippen molar-refractivity contribution >= 4 is 30.4 Å². The summed E-state index contributed by atoms with van der Waals surface area (Å²) in [5.41, 5.74) is 31.3. The lowest BCUT2D eigenvalue weighted by molar-refractivity contribution is -0.455. The van der Waals surface area contributed by atoms with Crippen LogP contribution < -0.4 is 42.5 Å².